The molecule has 0 saturated heterocycles. The molecule has 0 spiro atoms. The summed E-state index contributed by atoms with van der Waals surface area (Å²) in [6.07, 6.45) is 10.9. The van der Waals surface area contributed by atoms with Crippen molar-refractivity contribution in [3.8, 4) is 0 Å². The highest BCUT2D eigenvalue weighted by atomic mass is 14.9. The summed E-state index contributed by atoms with van der Waals surface area (Å²) in [6.45, 7) is 4.41. The normalized spacial score (nSPS) is 17.6. The van der Waals surface area contributed by atoms with Gasteiger partial charge in [0.05, 0.1) is 0 Å². The van der Waals surface area contributed by atoms with Crippen LogP contribution >= 0.6 is 0 Å². The predicted molar refractivity (Wildman–Crippen MR) is 84.6 cm³/mol. The number of nitrogens with zero attached hydrogens (tertiary/aromatic N) is 1. The molecule has 2 heteroatoms. The van der Waals surface area contributed by atoms with E-state index in [9.17, 15) is 0 Å². The van der Waals surface area contributed by atoms with E-state index in [4.69, 9.17) is 0 Å². The first kappa shape index (κ1) is 13.6. The van der Waals surface area contributed by atoms with Crippen LogP contribution in [0.1, 0.15) is 44.6 Å². The summed E-state index contributed by atoms with van der Waals surface area (Å²) in [5.41, 5.74) is 1.87. The number of pyridine rings is 1. The number of nitrogens with one attached hydrogen (secondary N) is 1. The Balaban J connectivity index is 1.68. The van der Waals surface area contributed by atoms with Crippen molar-refractivity contribution >= 4 is 10.8 Å². The lowest BCUT2D eigenvalue weighted by molar-refractivity contribution is 0.268. The molecular weight excluding hydrogens is 244 g/mol. The Morgan fingerprint density at radius 1 is 1.15 bits per heavy atom. The van der Waals surface area contributed by atoms with E-state index >= 15 is 0 Å². The van der Waals surface area contributed by atoms with Crippen LogP contribution in [-0.2, 0) is 6.54 Å². The van der Waals surface area contributed by atoms with E-state index in [0.29, 0.717) is 5.41 Å². The quantitative estimate of drug-likeness (QED) is 0.874. The molecule has 20 heavy (non-hydrogen) atoms. The Morgan fingerprint density at radius 3 is 2.75 bits per heavy atom. The zero-order valence-corrected chi connectivity index (χ0v) is 12.4. The molecule has 0 atom stereocenters. The lowest BCUT2D eigenvalue weighted by atomic mass is 9.83. The monoisotopic (exact) mass is 268 g/mol. The minimum Gasteiger partial charge on any atom is -0.312 e. The molecule has 0 amide bonds. The highest BCUT2D eigenvalue weighted by Crippen LogP contribution is 2.40. The van der Waals surface area contributed by atoms with Gasteiger partial charge in [-0.2, -0.15) is 0 Å². The van der Waals surface area contributed by atoms with Gasteiger partial charge in [0.2, 0.25) is 0 Å². The molecule has 1 aromatic heterocycles. The van der Waals surface area contributed by atoms with E-state index in [1.54, 1.807) is 0 Å². The number of rotatable bonds is 5. The molecule has 0 bridgehead atoms. The van der Waals surface area contributed by atoms with Gasteiger partial charge in [-0.3, -0.25) is 4.98 Å². The van der Waals surface area contributed by atoms with Crippen molar-refractivity contribution in [2.45, 2.75) is 45.6 Å². The van der Waals surface area contributed by atoms with E-state index in [1.165, 1.54) is 48.4 Å². The topological polar surface area (TPSA) is 24.9 Å². The number of hydrogen-bond acceptors (Lipinski definition) is 2. The summed E-state index contributed by atoms with van der Waals surface area (Å²) < 4.78 is 0. The zero-order chi connectivity index (χ0) is 13.8. The molecule has 106 valence electrons. The maximum absolute atomic E-state index is 4.36. The van der Waals surface area contributed by atoms with Gasteiger partial charge in [-0.15, -0.1) is 0 Å². The van der Waals surface area contributed by atoms with Crippen LogP contribution in [0.25, 0.3) is 10.8 Å². The van der Waals surface area contributed by atoms with Crippen molar-refractivity contribution in [2.24, 2.45) is 5.41 Å². The van der Waals surface area contributed by atoms with Crippen LogP contribution in [0.3, 0.4) is 0 Å². The van der Waals surface area contributed by atoms with E-state index in [-0.39, 0.29) is 0 Å². The maximum Gasteiger partial charge on any atom is 0.0346 e. The average molecular weight is 268 g/mol. The minimum absolute atomic E-state index is 0.554. The Hall–Kier alpha value is -1.41. The van der Waals surface area contributed by atoms with Crippen LogP contribution in [-0.4, -0.2) is 11.5 Å². The third-order valence-electron chi connectivity index (χ3n) is 4.98. The molecule has 1 aliphatic carbocycles. The summed E-state index contributed by atoms with van der Waals surface area (Å²) in [5, 5.41) is 6.25. The number of aromatic nitrogens is 1. The summed E-state index contributed by atoms with van der Waals surface area (Å²) in [5.74, 6) is 0. The smallest absolute Gasteiger partial charge is 0.0346 e. The Labute approximate surface area is 121 Å². The van der Waals surface area contributed by atoms with Crippen LogP contribution in [0, 0.1) is 5.41 Å². The number of fused-ring (bicyclic) bond motifs is 1. The van der Waals surface area contributed by atoms with Crippen LogP contribution in [0.4, 0.5) is 0 Å². The molecule has 2 nitrogen and oxygen atoms in total. The summed E-state index contributed by atoms with van der Waals surface area (Å²) in [6, 6.07) is 8.51. The number of benzene rings is 1. The van der Waals surface area contributed by atoms with E-state index in [1.807, 2.05) is 12.4 Å². The fourth-order valence-electron chi connectivity index (χ4n) is 3.56. The minimum atomic E-state index is 0.554. The van der Waals surface area contributed by atoms with Crippen LogP contribution in [0.2, 0.25) is 0 Å². The molecule has 3 rings (SSSR count). The molecule has 1 heterocycles. The average Bonchev–Trinajstić information content (AvgIpc) is 2.97. The van der Waals surface area contributed by atoms with Gasteiger partial charge in [-0.25, -0.2) is 0 Å². The summed E-state index contributed by atoms with van der Waals surface area (Å²) in [4.78, 5) is 4.36. The van der Waals surface area contributed by atoms with Gasteiger partial charge >= 0.3 is 0 Å². The number of hydrogen-bond donors (Lipinski definition) is 1. The lowest BCUT2D eigenvalue weighted by Crippen LogP contribution is -2.31. The molecule has 1 aromatic carbocycles. The molecule has 0 aliphatic heterocycles. The lowest BCUT2D eigenvalue weighted by Gasteiger charge is -2.27. The van der Waals surface area contributed by atoms with Gasteiger partial charge in [0.25, 0.3) is 0 Å². The van der Waals surface area contributed by atoms with Crippen molar-refractivity contribution < 1.29 is 0 Å². The van der Waals surface area contributed by atoms with Gasteiger partial charge in [-0.1, -0.05) is 44.0 Å². The third-order valence-corrected chi connectivity index (χ3v) is 4.98. The largest absolute Gasteiger partial charge is 0.312 e. The maximum atomic E-state index is 4.36. The molecular formula is C18H24N2. The van der Waals surface area contributed by atoms with E-state index < -0.39 is 0 Å². The van der Waals surface area contributed by atoms with Crippen LogP contribution < -0.4 is 5.32 Å². The van der Waals surface area contributed by atoms with Gasteiger partial charge in [0, 0.05) is 30.9 Å². The van der Waals surface area contributed by atoms with Crippen molar-refractivity contribution in [1.29, 1.82) is 0 Å². The molecule has 0 radical (unpaired) electrons. The molecule has 2 aromatic rings. The molecule has 1 fully saturated rings. The second-order valence-electron chi connectivity index (χ2n) is 6.18. The fraction of sp³-hybridized carbons (Fsp3) is 0.500. The first-order valence-corrected chi connectivity index (χ1v) is 7.85. The Morgan fingerprint density at radius 2 is 1.95 bits per heavy atom. The first-order valence-electron chi connectivity index (χ1n) is 7.85. The van der Waals surface area contributed by atoms with E-state index in [2.05, 4.69) is 41.5 Å². The Bertz CT molecular complexity index is 565. The molecule has 0 unspecified atom stereocenters. The summed E-state index contributed by atoms with van der Waals surface area (Å²) >= 11 is 0. The highest BCUT2D eigenvalue weighted by molar-refractivity contribution is 5.84. The molecule has 1 aliphatic rings. The SMILES string of the molecule is CCC1(CNCc2cncc3ccccc23)CCCC1. The molecule has 1 saturated carbocycles. The van der Waals surface area contributed by atoms with Crippen molar-refractivity contribution in [2.75, 3.05) is 6.54 Å². The van der Waals surface area contributed by atoms with Gasteiger partial charge in [-0.05, 0) is 35.6 Å². The first-order chi connectivity index (χ1) is 9.83. The van der Waals surface area contributed by atoms with Crippen molar-refractivity contribution in [3.05, 3.63) is 42.2 Å². The van der Waals surface area contributed by atoms with Crippen molar-refractivity contribution in [1.82, 2.24) is 10.3 Å². The third kappa shape index (κ3) is 2.71. The van der Waals surface area contributed by atoms with Gasteiger partial charge in [0.1, 0.15) is 0 Å². The van der Waals surface area contributed by atoms with E-state index in [0.717, 1.165) is 13.1 Å². The second kappa shape index (κ2) is 5.92. The standard InChI is InChI=1S/C18H24N2/c1-2-18(9-5-6-10-18)14-20-13-16-12-19-11-15-7-3-4-8-17(15)16/h3-4,7-8,11-12,20H,2,5-6,9-10,13-14H2,1H3. The Kier molecular flexibility index (Phi) is 4.02. The van der Waals surface area contributed by atoms with Crippen molar-refractivity contribution in [3.63, 3.8) is 0 Å². The van der Waals surface area contributed by atoms with Crippen LogP contribution in [0.5, 0.6) is 0 Å². The second-order valence-corrected chi connectivity index (χ2v) is 6.18. The highest BCUT2D eigenvalue weighted by Gasteiger charge is 2.31. The van der Waals surface area contributed by atoms with Crippen LogP contribution in [0.15, 0.2) is 36.7 Å². The molecule has 1 N–H and O–H groups in total. The predicted octanol–water partition coefficient (Wildman–Crippen LogP) is 4.29. The van der Waals surface area contributed by atoms with Gasteiger partial charge in [0.15, 0.2) is 0 Å². The zero-order valence-electron chi connectivity index (χ0n) is 12.4. The fourth-order valence-corrected chi connectivity index (χ4v) is 3.56. The summed E-state index contributed by atoms with van der Waals surface area (Å²) in [7, 11) is 0. The van der Waals surface area contributed by atoms with Gasteiger partial charge < -0.3 is 5.32 Å².